The van der Waals surface area contributed by atoms with Crippen LogP contribution in [0.25, 0.3) is 32.1 Å². The first-order valence-electron chi connectivity index (χ1n) is 10.5. The molecule has 1 nitrogen and oxygen atoms in total. The minimum Gasteiger partial charge on any atom is -0.345 e. The van der Waals surface area contributed by atoms with Crippen LogP contribution >= 0.6 is 11.3 Å². The summed E-state index contributed by atoms with van der Waals surface area (Å²) >= 11 is 1.99. The lowest BCUT2D eigenvalue weighted by atomic mass is 9.84. The summed E-state index contributed by atoms with van der Waals surface area (Å²) in [7, 11) is 0. The van der Waals surface area contributed by atoms with Crippen molar-refractivity contribution in [3.05, 3.63) is 70.2 Å². The second-order valence-corrected chi connectivity index (χ2v) is 8.99. The Morgan fingerprint density at radius 3 is 2.29 bits per heavy atom. The van der Waals surface area contributed by atoms with Gasteiger partial charge in [0.25, 0.3) is 0 Å². The maximum atomic E-state index is 2.49. The van der Waals surface area contributed by atoms with Crippen molar-refractivity contribution in [2.24, 2.45) is 0 Å². The van der Waals surface area contributed by atoms with E-state index in [1.54, 1.807) is 11.1 Å². The van der Waals surface area contributed by atoms with Gasteiger partial charge in [0.15, 0.2) is 0 Å². The third kappa shape index (κ3) is 2.58. The van der Waals surface area contributed by atoms with E-state index < -0.39 is 0 Å². The summed E-state index contributed by atoms with van der Waals surface area (Å²) in [5.41, 5.74) is 8.98. The van der Waals surface area contributed by atoms with Crippen LogP contribution in [0.15, 0.2) is 48.5 Å². The summed E-state index contributed by atoms with van der Waals surface area (Å²) in [5, 5.41) is 2.85. The summed E-state index contributed by atoms with van der Waals surface area (Å²) < 4.78 is 3.90. The van der Waals surface area contributed by atoms with Gasteiger partial charge in [-0.3, -0.25) is 0 Å². The minimum atomic E-state index is 1.02. The molecule has 0 atom stereocenters. The monoisotopic (exact) mass is 385 g/mol. The topological polar surface area (TPSA) is 4.93 Å². The highest BCUT2D eigenvalue weighted by molar-refractivity contribution is 7.20. The molecule has 2 aromatic heterocycles. The second kappa shape index (κ2) is 6.93. The molecule has 2 aromatic carbocycles. The lowest BCUT2D eigenvalue weighted by Crippen LogP contribution is -2.02. The number of aromatic nitrogens is 1. The van der Waals surface area contributed by atoms with Crippen LogP contribution in [0.1, 0.15) is 54.3 Å². The number of aryl methyl sites for hydroxylation is 2. The SMILES string of the molecule is CCn1c(C)c(C2=C(c3sc4ccccc4c3C)CCCC2)c2ccccc21. The molecule has 0 spiro atoms. The number of rotatable bonds is 3. The Kier molecular flexibility index (Phi) is 4.40. The molecule has 5 rings (SSSR count). The van der Waals surface area contributed by atoms with Crippen molar-refractivity contribution in [2.75, 3.05) is 0 Å². The lowest BCUT2D eigenvalue weighted by molar-refractivity contribution is 0.747. The van der Waals surface area contributed by atoms with E-state index in [0.717, 1.165) is 6.54 Å². The molecule has 0 radical (unpaired) electrons. The molecule has 0 fully saturated rings. The Hall–Kier alpha value is -2.32. The van der Waals surface area contributed by atoms with Gasteiger partial charge >= 0.3 is 0 Å². The number of para-hydroxylation sites is 1. The van der Waals surface area contributed by atoms with E-state index >= 15 is 0 Å². The highest BCUT2D eigenvalue weighted by atomic mass is 32.1. The zero-order chi connectivity index (χ0) is 19.3. The summed E-state index contributed by atoms with van der Waals surface area (Å²) in [5.74, 6) is 0. The highest BCUT2D eigenvalue weighted by Crippen LogP contribution is 2.46. The highest BCUT2D eigenvalue weighted by Gasteiger charge is 2.24. The summed E-state index contributed by atoms with van der Waals surface area (Å²) in [6.45, 7) is 7.91. The van der Waals surface area contributed by atoms with Crippen molar-refractivity contribution in [3.8, 4) is 0 Å². The quantitative estimate of drug-likeness (QED) is 0.337. The summed E-state index contributed by atoms with van der Waals surface area (Å²) in [4.78, 5) is 1.52. The maximum Gasteiger partial charge on any atom is 0.0488 e. The molecule has 28 heavy (non-hydrogen) atoms. The predicted octanol–water partition coefficient (Wildman–Crippen LogP) is 7.98. The Balaban J connectivity index is 1.82. The number of fused-ring (bicyclic) bond motifs is 2. The fourth-order valence-corrected chi connectivity index (χ4v) is 6.42. The molecule has 4 aromatic rings. The number of nitrogens with zero attached hydrogens (tertiary/aromatic N) is 1. The zero-order valence-electron chi connectivity index (χ0n) is 17.0. The molecule has 0 unspecified atom stereocenters. The molecule has 0 aliphatic heterocycles. The van der Waals surface area contributed by atoms with Crippen molar-refractivity contribution in [1.82, 2.24) is 4.57 Å². The summed E-state index contributed by atoms with van der Waals surface area (Å²) in [6.07, 6.45) is 5.00. The number of hydrogen-bond acceptors (Lipinski definition) is 1. The number of benzene rings is 2. The van der Waals surface area contributed by atoms with Gasteiger partial charge in [0.05, 0.1) is 0 Å². The average molecular weight is 386 g/mol. The molecule has 0 N–H and O–H groups in total. The van der Waals surface area contributed by atoms with Gasteiger partial charge in [-0.15, -0.1) is 11.3 Å². The molecule has 142 valence electrons. The largest absolute Gasteiger partial charge is 0.345 e. The van der Waals surface area contributed by atoms with Crippen molar-refractivity contribution >= 4 is 43.5 Å². The van der Waals surface area contributed by atoms with Gasteiger partial charge in [-0.05, 0) is 80.7 Å². The second-order valence-electron chi connectivity index (χ2n) is 7.94. The molecule has 0 saturated heterocycles. The molecule has 0 saturated carbocycles. The van der Waals surface area contributed by atoms with Gasteiger partial charge in [0.2, 0.25) is 0 Å². The Morgan fingerprint density at radius 2 is 1.54 bits per heavy atom. The van der Waals surface area contributed by atoms with E-state index in [-0.39, 0.29) is 0 Å². The normalized spacial score (nSPS) is 15.1. The van der Waals surface area contributed by atoms with E-state index in [4.69, 9.17) is 0 Å². The zero-order valence-corrected chi connectivity index (χ0v) is 17.8. The van der Waals surface area contributed by atoms with E-state index in [9.17, 15) is 0 Å². The van der Waals surface area contributed by atoms with Crippen molar-refractivity contribution in [3.63, 3.8) is 0 Å². The van der Waals surface area contributed by atoms with Crippen LogP contribution in [-0.2, 0) is 6.54 Å². The molecule has 2 heterocycles. The molecular weight excluding hydrogens is 358 g/mol. The van der Waals surface area contributed by atoms with Crippen LogP contribution in [0.5, 0.6) is 0 Å². The first-order chi connectivity index (χ1) is 13.7. The van der Waals surface area contributed by atoms with Crippen LogP contribution in [-0.4, -0.2) is 4.57 Å². The number of hydrogen-bond donors (Lipinski definition) is 0. The fraction of sp³-hybridized carbons (Fsp3) is 0.308. The predicted molar refractivity (Wildman–Crippen MR) is 124 cm³/mol. The third-order valence-electron chi connectivity index (χ3n) is 6.43. The van der Waals surface area contributed by atoms with Crippen LogP contribution in [0.3, 0.4) is 0 Å². The minimum absolute atomic E-state index is 1.02. The lowest BCUT2D eigenvalue weighted by Gasteiger charge is -2.21. The van der Waals surface area contributed by atoms with Gasteiger partial charge in [0.1, 0.15) is 0 Å². The number of allylic oxidation sites excluding steroid dienone is 2. The first kappa shape index (κ1) is 17.8. The van der Waals surface area contributed by atoms with Crippen LogP contribution in [0, 0.1) is 13.8 Å². The van der Waals surface area contributed by atoms with Gasteiger partial charge in [-0.25, -0.2) is 0 Å². The van der Waals surface area contributed by atoms with E-state index in [1.807, 2.05) is 11.3 Å². The van der Waals surface area contributed by atoms with Crippen molar-refractivity contribution < 1.29 is 0 Å². The third-order valence-corrected chi connectivity index (χ3v) is 7.77. The smallest absolute Gasteiger partial charge is 0.0488 e. The standard InChI is InChI=1S/C26H27NS/c1-4-27-18(3)25(22-14-7-9-15-23(22)27)20-12-5-6-13-21(20)26-17(2)19-11-8-10-16-24(19)28-26/h7-11,14-16H,4-6,12-13H2,1-3H3. The van der Waals surface area contributed by atoms with Gasteiger partial charge in [-0.1, -0.05) is 36.4 Å². The van der Waals surface area contributed by atoms with Crippen LogP contribution in [0.2, 0.25) is 0 Å². The van der Waals surface area contributed by atoms with Crippen molar-refractivity contribution in [2.45, 2.75) is 53.0 Å². The molecule has 2 heteroatoms. The fourth-order valence-electron chi connectivity index (χ4n) is 5.11. The first-order valence-corrected chi connectivity index (χ1v) is 11.3. The number of thiophene rings is 1. The Labute approximate surface area is 171 Å². The summed E-state index contributed by atoms with van der Waals surface area (Å²) in [6, 6.07) is 17.8. The van der Waals surface area contributed by atoms with Crippen LogP contribution in [0.4, 0.5) is 0 Å². The van der Waals surface area contributed by atoms with Crippen LogP contribution < -0.4 is 0 Å². The molecule has 0 bridgehead atoms. The van der Waals surface area contributed by atoms with Gasteiger partial charge < -0.3 is 4.57 Å². The maximum absolute atomic E-state index is 2.49. The van der Waals surface area contributed by atoms with Crippen molar-refractivity contribution in [1.29, 1.82) is 0 Å². The van der Waals surface area contributed by atoms with E-state index in [2.05, 4.69) is 73.9 Å². The Bertz CT molecular complexity index is 1220. The molecule has 0 amide bonds. The molecule has 1 aliphatic carbocycles. The molecule has 1 aliphatic rings. The van der Waals surface area contributed by atoms with E-state index in [1.165, 1.54) is 68.4 Å². The molecular formula is C26H27NS. The average Bonchev–Trinajstić information content (AvgIpc) is 3.21. The van der Waals surface area contributed by atoms with E-state index in [0.29, 0.717) is 0 Å². The van der Waals surface area contributed by atoms with Gasteiger partial charge in [-0.2, -0.15) is 0 Å². The Morgan fingerprint density at radius 1 is 0.857 bits per heavy atom. The van der Waals surface area contributed by atoms with Gasteiger partial charge in [0, 0.05) is 38.3 Å².